The molecule has 0 fully saturated rings. The van der Waals surface area contributed by atoms with Crippen LogP contribution in [-0.2, 0) is 6.18 Å². The van der Waals surface area contributed by atoms with Crippen molar-refractivity contribution in [3.8, 4) is 17.2 Å². The topological polar surface area (TPSA) is 95.3 Å². The summed E-state index contributed by atoms with van der Waals surface area (Å²) in [7, 11) is 0. The highest BCUT2D eigenvalue weighted by Crippen LogP contribution is 2.34. The van der Waals surface area contributed by atoms with E-state index in [0.29, 0.717) is 17.8 Å². The minimum Gasteiger partial charge on any atom is -0.507 e. The minimum atomic E-state index is -4.67. The van der Waals surface area contributed by atoms with Gasteiger partial charge in [-0.1, -0.05) is 6.07 Å². The van der Waals surface area contributed by atoms with Gasteiger partial charge in [0.05, 0.1) is 28.1 Å². The number of aromatic nitrogens is 2. The number of nitrogens with one attached hydrogen (secondary N) is 1. The van der Waals surface area contributed by atoms with Gasteiger partial charge in [0.2, 0.25) is 11.6 Å². The van der Waals surface area contributed by atoms with E-state index in [1.807, 2.05) is 0 Å². The van der Waals surface area contributed by atoms with Crippen LogP contribution < -0.4 is 0 Å². The van der Waals surface area contributed by atoms with Gasteiger partial charge in [-0.25, -0.2) is 0 Å². The SMILES string of the molecule is Cc1ccc(C(=O)c2[nH]ccc2-n2cccc2C(=O)c2ccc(C(F)(F)F)cc2O)c(O)c1. The molecule has 9 heteroatoms. The maximum atomic E-state index is 13.1. The van der Waals surface area contributed by atoms with Crippen LogP contribution in [0.2, 0.25) is 0 Å². The van der Waals surface area contributed by atoms with Crippen molar-refractivity contribution in [2.24, 2.45) is 0 Å². The molecule has 33 heavy (non-hydrogen) atoms. The molecule has 2 aromatic heterocycles. The molecule has 0 saturated carbocycles. The first-order valence-corrected chi connectivity index (χ1v) is 9.72. The van der Waals surface area contributed by atoms with Crippen molar-refractivity contribution in [1.82, 2.24) is 9.55 Å². The van der Waals surface area contributed by atoms with Crippen molar-refractivity contribution in [3.63, 3.8) is 0 Å². The van der Waals surface area contributed by atoms with Crippen LogP contribution in [0.1, 0.15) is 43.2 Å². The van der Waals surface area contributed by atoms with Crippen LogP contribution in [0.4, 0.5) is 13.2 Å². The third-order valence-electron chi connectivity index (χ3n) is 5.16. The van der Waals surface area contributed by atoms with Gasteiger partial charge in [-0.2, -0.15) is 13.2 Å². The number of carbonyl (C=O) groups is 2. The number of ketones is 2. The summed E-state index contributed by atoms with van der Waals surface area (Å²) in [4.78, 5) is 28.9. The fourth-order valence-electron chi connectivity index (χ4n) is 3.53. The van der Waals surface area contributed by atoms with Crippen molar-refractivity contribution in [2.75, 3.05) is 0 Å². The fourth-order valence-corrected chi connectivity index (χ4v) is 3.53. The van der Waals surface area contributed by atoms with Crippen molar-refractivity contribution in [3.05, 3.63) is 101 Å². The molecule has 0 amide bonds. The van der Waals surface area contributed by atoms with Crippen LogP contribution in [0.15, 0.2) is 67.0 Å². The molecule has 6 nitrogen and oxygen atoms in total. The molecule has 0 aliphatic rings. The molecule has 3 N–H and O–H groups in total. The molecule has 0 atom stereocenters. The molecule has 2 aromatic carbocycles. The van der Waals surface area contributed by atoms with Gasteiger partial charge in [0.25, 0.3) is 0 Å². The summed E-state index contributed by atoms with van der Waals surface area (Å²) < 4.78 is 40.0. The van der Waals surface area contributed by atoms with Crippen molar-refractivity contribution in [1.29, 1.82) is 0 Å². The predicted octanol–water partition coefficient (Wildman–Crippen LogP) is 5.01. The lowest BCUT2D eigenvalue weighted by atomic mass is 10.0. The van der Waals surface area contributed by atoms with Gasteiger partial charge in [-0.3, -0.25) is 9.59 Å². The first-order valence-electron chi connectivity index (χ1n) is 9.72. The zero-order valence-electron chi connectivity index (χ0n) is 17.1. The predicted molar refractivity (Wildman–Crippen MR) is 113 cm³/mol. The molecule has 0 radical (unpaired) electrons. The lowest BCUT2D eigenvalue weighted by Gasteiger charge is -2.12. The molecular formula is C24H17F3N2O4. The van der Waals surface area contributed by atoms with Gasteiger partial charge in [-0.05, 0) is 61.0 Å². The second-order valence-electron chi connectivity index (χ2n) is 7.41. The average molecular weight is 454 g/mol. The van der Waals surface area contributed by atoms with Gasteiger partial charge in [0, 0.05) is 12.4 Å². The maximum Gasteiger partial charge on any atom is 0.416 e. The molecule has 0 saturated heterocycles. The molecule has 2 heterocycles. The molecule has 4 aromatic rings. The van der Waals surface area contributed by atoms with E-state index in [4.69, 9.17) is 0 Å². The number of halogens is 3. The Hall–Kier alpha value is -4.27. The molecule has 4 rings (SSSR count). The van der Waals surface area contributed by atoms with Crippen LogP contribution >= 0.6 is 0 Å². The summed E-state index contributed by atoms with van der Waals surface area (Å²) >= 11 is 0. The number of phenols is 2. The Kier molecular flexibility index (Phi) is 5.33. The van der Waals surface area contributed by atoms with E-state index in [1.54, 1.807) is 19.1 Å². The highest BCUT2D eigenvalue weighted by molar-refractivity contribution is 6.13. The number of carbonyl (C=O) groups excluding carboxylic acids is 2. The van der Waals surface area contributed by atoms with Gasteiger partial charge >= 0.3 is 6.18 Å². The van der Waals surface area contributed by atoms with Crippen LogP contribution in [0, 0.1) is 6.92 Å². The largest absolute Gasteiger partial charge is 0.507 e. The Morgan fingerprint density at radius 1 is 0.909 bits per heavy atom. The van der Waals surface area contributed by atoms with Gasteiger partial charge in [0.15, 0.2) is 0 Å². The summed E-state index contributed by atoms with van der Waals surface area (Å²) in [6, 6.07) is 11.2. The quantitative estimate of drug-likeness (QED) is 0.370. The monoisotopic (exact) mass is 454 g/mol. The van der Waals surface area contributed by atoms with E-state index in [1.165, 1.54) is 41.2 Å². The third kappa shape index (κ3) is 4.00. The van der Waals surface area contributed by atoms with E-state index >= 15 is 0 Å². The molecule has 0 unspecified atom stereocenters. The highest BCUT2D eigenvalue weighted by atomic mass is 19.4. The fraction of sp³-hybridized carbons (Fsp3) is 0.0833. The zero-order chi connectivity index (χ0) is 23.9. The first kappa shape index (κ1) is 21.9. The molecule has 0 aliphatic carbocycles. The summed E-state index contributed by atoms with van der Waals surface area (Å²) in [5.41, 5.74) is -0.163. The summed E-state index contributed by atoms with van der Waals surface area (Å²) in [6.45, 7) is 1.77. The maximum absolute atomic E-state index is 13.1. The number of hydrogen-bond acceptors (Lipinski definition) is 4. The lowest BCUT2D eigenvalue weighted by Crippen LogP contribution is -2.13. The van der Waals surface area contributed by atoms with Gasteiger partial charge in [0.1, 0.15) is 17.2 Å². The Labute approximate surface area is 185 Å². The Morgan fingerprint density at radius 2 is 1.58 bits per heavy atom. The number of aryl methyl sites for hydroxylation is 1. The van der Waals surface area contributed by atoms with Crippen molar-refractivity contribution in [2.45, 2.75) is 13.1 Å². The van der Waals surface area contributed by atoms with Crippen molar-refractivity contribution < 1.29 is 33.0 Å². The summed E-state index contributed by atoms with van der Waals surface area (Å²) in [6.07, 6.45) is -1.68. The second kappa shape index (κ2) is 8.01. The summed E-state index contributed by atoms with van der Waals surface area (Å²) in [5, 5.41) is 20.3. The van der Waals surface area contributed by atoms with Crippen LogP contribution in [0.5, 0.6) is 11.5 Å². The number of rotatable bonds is 5. The summed E-state index contributed by atoms with van der Waals surface area (Å²) in [5.74, 6) is -2.25. The minimum absolute atomic E-state index is 0.0202. The second-order valence-corrected chi connectivity index (χ2v) is 7.41. The molecular weight excluding hydrogens is 437 g/mol. The molecule has 168 valence electrons. The van der Waals surface area contributed by atoms with E-state index in [9.17, 15) is 33.0 Å². The van der Waals surface area contributed by atoms with E-state index in [0.717, 1.165) is 11.6 Å². The molecule has 0 aliphatic heterocycles. The number of nitrogens with zero attached hydrogens (tertiary/aromatic N) is 1. The number of alkyl halides is 3. The van der Waals surface area contributed by atoms with Crippen LogP contribution in [0.25, 0.3) is 5.69 Å². The number of H-pyrrole nitrogens is 1. The number of benzene rings is 2. The Bertz CT molecular complexity index is 1380. The number of phenolic OH excluding ortho intramolecular Hbond substituents is 2. The zero-order valence-corrected chi connectivity index (χ0v) is 17.1. The average Bonchev–Trinajstić information content (AvgIpc) is 3.41. The smallest absolute Gasteiger partial charge is 0.416 e. The number of hydrogen-bond donors (Lipinski definition) is 3. The van der Waals surface area contributed by atoms with Gasteiger partial charge in [-0.15, -0.1) is 0 Å². The highest BCUT2D eigenvalue weighted by Gasteiger charge is 2.32. The van der Waals surface area contributed by atoms with E-state index < -0.39 is 29.1 Å². The lowest BCUT2D eigenvalue weighted by molar-refractivity contribution is -0.137. The van der Waals surface area contributed by atoms with E-state index in [2.05, 4.69) is 4.98 Å². The molecule has 0 bridgehead atoms. The van der Waals surface area contributed by atoms with Crippen molar-refractivity contribution >= 4 is 11.6 Å². The normalized spacial score (nSPS) is 11.5. The Balaban J connectivity index is 1.73. The standard InChI is InChI=1S/C24H17F3N2O4/c1-13-4-6-16(19(30)11-13)23(33)21-17(8-9-28-21)29-10-2-3-18(29)22(32)15-7-5-14(12-20(15)31)24(25,26)27/h2-12,28,30-31H,1H3. The third-order valence-corrected chi connectivity index (χ3v) is 5.16. The van der Waals surface area contributed by atoms with Crippen LogP contribution in [-0.4, -0.2) is 31.3 Å². The molecule has 0 spiro atoms. The first-order chi connectivity index (χ1) is 15.6. The Morgan fingerprint density at radius 3 is 2.24 bits per heavy atom. The van der Waals surface area contributed by atoms with Gasteiger partial charge < -0.3 is 19.8 Å². The number of aromatic amines is 1. The van der Waals surface area contributed by atoms with E-state index in [-0.39, 0.29) is 28.3 Å². The van der Waals surface area contributed by atoms with Crippen LogP contribution in [0.3, 0.4) is 0 Å². The number of aromatic hydroxyl groups is 2.